The van der Waals surface area contributed by atoms with Gasteiger partial charge in [0.2, 0.25) is 5.91 Å². The van der Waals surface area contributed by atoms with Crippen molar-refractivity contribution in [2.45, 2.75) is 25.8 Å². The molecule has 0 unspecified atom stereocenters. The number of amides is 2. The lowest BCUT2D eigenvalue weighted by Gasteiger charge is -2.23. The van der Waals surface area contributed by atoms with Gasteiger partial charge < -0.3 is 15.3 Å². The number of carbonyl (C=O) groups excluding carboxylic acids is 2. The van der Waals surface area contributed by atoms with Gasteiger partial charge >= 0.3 is 5.97 Å². The zero-order chi connectivity index (χ0) is 16.1. The SMILES string of the molecule is CC(=O)NC(=Cc1ccccc1)C(=O)N1CCC[C@H]1C(=O)O. The van der Waals surface area contributed by atoms with Crippen LogP contribution in [0.1, 0.15) is 25.3 Å². The van der Waals surface area contributed by atoms with Gasteiger partial charge in [-0.15, -0.1) is 0 Å². The van der Waals surface area contributed by atoms with Crippen molar-refractivity contribution in [1.29, 1.82) is 0 Å². The van der Waals surface area contributed by atoms with Crippen molar-refractivity contribution in [3.8, 4) is 0 Å². The van der Waals surface area contributed by atoms with Crippen LogP contribution in [0.25, 0.3) is 6.08 Å². The van der Waals surface area contributed by atoms with Crippen LogP contribution in [0.15, 0.2) is 36.0 Å². The average molecular weight is 302 g/mol. The molecule has 1 aliphatic rings. The van der Waals surface area contributed by atoms with E-state index in [1.807, 2.05) is 18.2 Å². The molecule has 0 saturated carbocycles. The zero-order valence-electron chi connectivity index (χ0n) is 12.3. The molecule has 0 aliphatic carbocycles. The van der Waals surface area contributed by atoms with Gasteiger partial charge in [0, 0.05) is 13.5 Å². The predicted octanol–water partition coefficient (Wildman–Crippen LogP) is 1.24. The van der Waals surface area contributed by atoms with Crippen LogP contribution >= 0.6 is 0 Å². The molecule has 2 amide bonds. The quantitative estimate of drug-likeness (QED) is 0.819. The van der Waals surface area contributed by atoms with Gasteiger partial charge in [-0.05, 0) is 24.5 Å². The Morgan fingerprint density at radius 2 is 1.95 bits per heavy atom. The Morgan fingerprint density at radius 1 is 1.27 bits per heavy atom. The molecule has 1 aromatic rings. The van der Waals surface area contributed by atoms with E-state index in [9.17, 15) is 19.5 Å². The summed E-state index contributed by atoms with van der Waals surface area (Å²) in [7, 11) is 0. The summed E-state index contributed by atoms with van der Waals surface area (Å²) in [5.74, 6) is -1.86. The number of likely N-dealkylation sites (tertiary alicyclic amines) is 1. The molecular formula is C16H18N2O4. The second kappa shape index (κ2) is 6.89. The highest BCUT2D eigenvalue weighted by atomic mass is 16.4. The second-order valence-electron chi connectivity index (χ2n) is 5.14. The van der Waals surface area contributed by atoms with Crippen molar-refractivity contribution < 1.29 is 19.5 Å². The average Bonchev–Trinajstić information content (AvgIpc) is 2.96. The molecular weight excluding hydrogens is 284 g/mol. The standard InChI is InChI=1S/C16H18N2O4/c1-11(19)17-13(10-12-6-3-2-4-7-12)15(20)18-9-5-8-14(18)16(21)22/h2-4,6-7,10,14H,5,8-9H2,1H3,(H,17,19)(H,21,22)/t14-/m0/s1. The maximum atomic E-state index is 12.6. The number of carbonyl (C=O) groups is 3. The fourth-order valence-corrected chi connectivity index (χ4v) is 2.48. The van der Waals surface area contributed by atoms with Crippen molar-refractivity contribution >= 4 is 23.9 Å². The molecule has 0 aromatic heterocycles. The highest BCUT2D eigenvalue weighted by Gasteiger charge is 2.35. The topological polar surface area (TPSA) is 86.7 Å². The molecule has 1 aliphatic heterocycles. The number of carboxylic acids is 1. The third kappa shape index (κ3) is 3.72. The van der Waals surface area contributed by atoms with Crippen molar-refractivity contribution in [3.63, 3.8) is 0 Å². The first kappa shape index (κ1) is 15.8. The molecule has 0 spiro atoms. The van der Waals surface area contributed by atoms with Crippen LogP contribution in [-0.2, 0) is 14.4 Å². The lowest BCUT2D eigenvalue weighted by Crippen LogP contribution is -2.44. The lowest BCUT2D eigenvalue weighted by molar-refractivity contribution is -0.147. The summed E-state index contributed by atoms with van der Waals surface area (Å²) >= 11 is 0. The number of nitrogens with one attached hydrogen (secondary N) is 1. The van der Waals surface area contributed by atoms with Crippen LogP contribution in [0.5, 0.6) is 0 Å². The smallest absolute Gasteiger partial charge is 0.326 e. The van der Waals surface area contributed by atoms with E-state index in [0.717, 1.165) is 5.56 Å². The molecule has 1 fully saturated rings. The maximum Gasteiger partial charge on any atom is 0.326 e. The Bertz CT molecular complexity index is 610. The van der Waals surface area contributed by atoms with Gasteiger partial charge in [0.25, 0.3) is 5.91 Å². The Balaban J connectivity index is 2.29. The van der Waals surface area contributed by atoms with Crippen LogP contribution in [-0.4, -0.2) is 40.4 Å². The van der Waals surface area contributed by atoms with E-state index in [2.05, 4.69) is 5.32 Å². The minimum absolute atomic E-state index is 0.0897. The largest absolute Gasteiger partial charge is 0.480 e. The lowest BCUT2D eigenvalue weighted by atomic mass is 10.1. The van der Waals surface area contributed by atoms with Gasteiger partial charge in [0.05, 0.1) is 0 Å². The molecule has 2 N–H and O–H groups in total. The monoisotopic (exact) mass is 302 g/mol. The van der Waals surface area contributed by atoms with Crippen LogP contribution < -0.4 is 5.32 Å². The minimum atomic E-state index is -1.02. The maximum absolute atomic E-state index is 12.6. The van der Waals surface area contributed by atoms with E-state index in [4.69, 9.17) is 0 Å². The molecule has 0 bridgehead atoms. The van der Waals surface area contributed by atoms with Crippen LogP contribution in [0, 0.1) is 0 Å². The summed E-state index contributed by atoms with van der Waals surface area (Å²) in [4.78, 5) is 36.4. The molecule has 2 rings (SSSR count). The zero-order valence-corrected chi connectivity index (χ0v) is 12.3. The molecule has 0 radical (unpaired) electrons. The number of benzene rings is 1. The summed E-state index contributed by atoms with van der Waals surface area (Å²) in [6.45, 7) is 1.69. The summed E-state index contributed by atoms with van der Waals surface area (Å²) in [5.41, 5.74) is 0.845. The van der Waals surface area contributed by atoms with Crippen LogP contribution in [0.2, 0.25) is 0 Å². The Hall–Kier alpha value is -2.63. The molecule has 6 nitrogen and oxygen atoms in total. The van der Waals surface area contributed by atoms with Crippen molar-refractivity contribution in [3.05, 3.63) is 41.6 Å². The fraction of sp³-hybridized carbons (Fsp3) is 0.312. The van der Waals surface area contributed by atoms with E-state index in [1.54, 1.807) is 18.2 Å². The molecule has 116 valence electrons. The van der Waals surface area contributed by atoms with Crippen molar-refractivity contribution in [2.75, 3.05) is 6.54 Å². The summed E-state index contributed by atoms with van der Waals surface area (Å²) in [5, 5.41) is 11.7. The highest BCUT2D eigenvalue weighted by molar-refractivity contribution is 6.02. The second-order valence-corrected chi connectivity index (χ2v) is 5.14. The number of hydrogen-bond donors (Lipinski definition) is 2. The third-order valence-electron chi connectivity index (χ3n) is 3.45. The van der Waals surface area contributed by atoms with Gasteiger partial charge in [-0.2, -0.15) is 0 Å². The van der Waals surface area contributed by atoms with Gasteiger partial charge in [-0.1, -0.05) is 30.3 Å². The van der Waals surface area contributed by atoms with E-state index in [0.29, 0.717) is 19.4 Å². The van der Waals surface area contributed by atoms with E-state index >= 15 is 0 Å². The van der Waals surface area contributed by atoms with Gasteiger partial charge in [-0.3, -0.25) is 9.59 Å². The first-order chi connectivity index (χ1) is 10.5. The number of aliphatic carboxylic acids is 1. The molecule has 1 atom stereocenters. The van der Waals surface area contributed by atoms with E-state index in [1.165, 1.54) is 11.8 Å². The van der Waals surface area contributed by atoms with Gasteiger partial charge in [0.15, 0.2) is 0 Å². The minimum Gasteiger partial charge on any atom is -0.480 e. The first-order valence-electron chi connectivity index (χ1n) is 7.07. The first-order valence-corrected chi connectivity index (χ1v) is 7.07. The van der Waals surface area contributed by atoms with Crippen molar-refractivity contribution in [1.82, 2.24) is 10.2 Å². The van der Waals surface area contributed by atoms with Gasteiger partial charge in [0.1, 0.15) is 11.7 Å². The van der Waals surface area contributed by atoms with E-state index in [-0.39, 0.29) is 11.6 Å². The molecule has 1 aromatic carbocycles. The fourth-order valence-electron chi connectivity index (χ4n) is 2.48. The van der Waals surface area contributed by atoms with Crippen LogP contribution in [0.4, 0.5) is 0 Å². The van der Waals surface area contributed by atoms with Gasteiger partial charge in [-0.25, -0.2) is 4.79 Å². The number of rotatable bonds is 4. The summed E-state index contributed by atoms with van der Waals surface area (Å²) in [6, 6.07) is 8.25. The summed E-state index contributed by atoms with van der Waals surface area (Å²) in [6.07, 6.45) is 2.63. The van der Waals surface area contributed by atoms with E-state index < -0.39 is 17.9 Å². The Morgan fingerprint density at radius 3 is 2.55 bits per heavy atom. The molecule has 1 heterocycles. The molecule has 1 saturated heterocycles. The highest BCUT2D eigenvalue weighted by Crippen LogP contribution is 2.20. The Kier molecular flexibility index (Phi) is 4.93. The normalized spacial score (nSPS) is 18.1. The Labute approximate surface area is 128 Å². The number of nitrogens with zero attached hydrogens (tertiary/aromatic N) is 1. The van der Waals surface area contributed by atoms with Crippen LogP contribution in [0.3, 0.4) is 0 Å². The molecule has 22 heavy (non-hydrogen) atoms. The number of hydrogen-bond acceptors (Lipinski definition) is 3. The van der Waals surface area contributed by atoms with Crippen molar-refractivity contribution in [2.24, 2.45) is 0 Å². The molecule has 6 heteroatoms. The third-order valence-corrected chi connectivity index (χ3v) is 3.45. The predicted molar refractivity (Wildman–Crippen MR) is 80.6 cm³/mol. The number of carboxylic acid groups (broad SMARTS) is 1. The summed E-state index contributed by atoms with van der Waals surface area (Å²) < 4.78 is 0.